The molecule has 110 valence electrons. The summed E-state index contributed by atoms with van der Waals surface area (Å²) in [6, 6.07) is 6.07. The quantitative estimate of drug-likeness (QED) is 0.942. The zero-order valence-electron chi connectivity index (χ0n) is 11.0. The standard InChI is InChI=1S/C14H13F2N3O2/c15-11(16)12-17-9-5-2-1-4-8(9)13(18-12)19-7-3-6-10(19)14(20)21/h1-2,4-5,10-11H,3,6-7H2,(H,20,21). The van der Waals surface area contributed by atoms with E-state index in [1.165, 1.54) is 0 Å². The van der Waals surface area contributed by atoms with Gasteiger partial charge in [0.2, 0.25) is 0 Å². The Morgan fingerprint density at radius 3 is 2.81 bits per heavy atom. The van der Waals surface area contributed by atoms with Crippen LogP contribution in [0.2, 0.25) is 0 Å². The van der Waals surface area contributed by atoms with Crippen LogP contribution in [-0.2, 0) is 4.79 Å². The zero-order chi connectivity index (χ0) is 15.0. The van der Waals surface area contributed by atoms with E-state index in [0.717, 1.165) is 0 Å². The minimum Gasteiger partial charge on any atom is -0.480 e. The summed E-state index contributed by atoms with van der Waals surface area (Å²) < 4.78 is 25.9. The van der Waals surface area contributed by atoms with Crippen molar-refractivity contribution in [1.29, 1.82) is 0 Å². The van der Waals surface area contributed by atoms with Gasteiger partial charge in [-0.05, 0) is 25.0 Å². The fraction of sp³-hybridized carbons (Fsp3) is 0.357. The molecule has 0 bridgehead atoms. The molecule has 3 rings (SSSR count). The van der Waals surface area contributed by atoms with Crippen LogP contribution in [0.1, 0.15) is 25.1 Å². The second-order valence-corrected chi connectivity index (χ2v) is 4.91. The van der Waals surface area contributed by atoms with Crippen molar-refractivity contribution in [3.63, 3.8) is 0 Å². The number of aliphatic carboxylic acids is 1. The van der Waals surface area contributed by atoms with E-state index in [9.17, 15) is 18.7 Å². The number of hydrogen-bond acceptors (Lipinski definition) is 4. The molecule has 5 nitrogen and oxygen atoms in total. The van der Waals surface area contributed by atoms with Crippen molar-refractivity contribution < 1.29 is 18.7 Å². The first-order chi connectivity index (χ1) is 10.1. The molecule has 2 aromatic rings. The molecular weight excluding hydrogens is 280 g/mol. The first kappa shape index (κ1) is 13.7. The van der Waals surface area contributed by atoms with Crippen molar-refractivity contribution in [3.05, 3.63) is 30.1 Å². The lowest BCUT2D eigenvalue weighted by atomic mass is 10.2. The van der Waals surface area contributed by atoms with Crippen LogP contribution in [0.15, 0.2) is 24.3 Å². The van der Waals surface area contributed by atoms with Crippen LogP contribution in [0.3, 0.4) is 0 Å². The number of rotatable bonds is 3. The van der Waals surface area contributed by atoms with Crippen molar-refractivity contribution in [2.75, 3.05) is 11.4 Å². The average Bonchev–Trinajstić information content (AvgIpc) is 2.95. The molecular formula is C14H13F2N3O2. The molecule has 1 aromatic heterocycles. The van der Waals surface area contributed by atoms with Crippen molar-refractivity contribution >= 4 is 22.7 Å². The van der Waals surface area contributed by atoms with E-state index in [4.69, 9.17) is 0 Å². The van der Waals surface area contributed by atoms with Gasteiger partial charge >= 0.3 is 5.97 Å². The number of hydrogen-bond donors (Lipinski definition) is 1. The third-order valence-corrected chi connectivity index (χ3v) is 3.61. The van der Waals surface area contributed by atoms with Gasteiger partial charge in [-0.1, -0.05) is 12.1 Å². The van der Waals surface area contributed by atoms with Gasteiger partial charge in [0, 0.05) is 11.9 Å². The summed E-state index contributed by atoms with van der Waals surface area (Å²) in [6.45, 7) is 0.487. The Morgan fingerprint density at radius 2 is 2.10 bits per heavy atom. The van der Waals surface area contributed by atoms with E-state index < -0.39 is 24.3 Å². The van der Waals surface area contributed by atoms with Gasteiger partial charge < -0.3 is 10.0 Å². The van der Waals surface area contributed by atoms with Gasteiger partial charge in [0.25, 0.3) is 6.43 Å². The molecule has 1 unspecified atom stereocenters. The molecule has 0 saturated carbocycles. The molecule has 1 aliphatic rings. The summed E-state index contributed by atoms with van der Waals surface area (Å²) in [4.78, 5) is 20.6. The highest BCUT2D eigenvalue weighted by atomic mass is 19.3. The SMILES string of the molecule is O=C(O)C1CCCN1c1nc(C(F)F)nc2ccccc12. The maximum absolute atomic E-state index is 13.0. The molecule has 7 heteroatoms. The second-order valence-electron chi connectivity index (χ2n) is 4.91. The molecule has 0 amide bonds. The molecule has 21 heavy (non-hydrogen) atoms. The first-order valence-corrected chi connectivity index (χ1v) is 6.62. The first-order valence-electron chi connectivity index (χ1n) is 6.62. The number of carboxylic acid groups (broad SMARTS) is 1. The Kier molecular flexibility index (Phi) is 3.40. The number of halogens is 2. The van der Waals surface area contributed by atoms with Crippen LogP contribution in [-0.4, -0.2) is 33.6 Å². The normalized spacial score (nSPS) is 18.6. The zero-order valence-corrected chi connectivity index (χ0v) is 11.0. The summed E-state index contributed by atoms with van der Waals surface area (Å²) in [5.41, 5.74) is 0.397. The molecule has 0 aliphatic carbocycles. The lowest BCUT2D eigenvalue weighted by Crippen LogP contribution is -2.36. The summed E-state index contributed by atoms with van der Waals surface area (Å²) in [7, 11) is 0. The van der Waals surface area contributed by atoms with Crippen LogP contribution < -0.4 is 4.90 Å². The number of carbonyl (C=O) groups is 1. The molecule has 1 aromatic carbocycles. The van der Waals surface area contributed by atoms with E-state index in [-0.39, 0.29) is 5.82 Å². The minimum absolute atomic E-state index is 0.279. The van der Waals surface area contributed by atoms with E-state index >= 15 is 0 Å². The highest BCUT2D eigenvalue weighted by Gasteiger charge is 2.33. The summed E-state index contributed by atoms with van der Waals surface area (Å²) in [5, 5.41) is 9.85. The molecule has 2 heterocycles. The van der Waals surface area contributed by atoms with Crippen LogP contribution in [0.5, 0.6) is 0 Å². The Bertz CT molecular complexity index is 693. The maximum atomic E-state index is 13.0. The monoisotopic (exact) mass is 293 g/mol. The molecule has 1 aliphatic heterocycles. The van der Waals surface area contributed by atoms with Crippen molar-refractivity contribution in [2.24, 2.45) is 0 Å². The van der Waals surface area contributed by atoms with Gasteiger partial charge in [-0.2, -0.15) is 0 Å². The second kappa shape index (κ2) is 5.23. The van der Waals surface area contributed by atoms with Crippen LogP contribution in [0.4, 0.5) is 14.6 Å². The highest BCUT2D eigenvalue weighted by Crippen LogP contribution is 2.31. The summed E-state index contributed by atoms with van der Waals surface area (Å²) in [5.74, 6) is -1.26. The fourth-order valence-electron chi connectivity index (χ4n) is 2.67. The number of aromatic nitrogens is 2. The van der Waals surface area contributed by atoms with E-state index in [1.807, 2.05) is 0 Å². The van der Waals surface area contributed by atoms with Gasteiger partial charge in [-0.3, -0.25) is 0 Å². The Balaban J connectivity index is 2.18. The van der Waals surface area contributed by atoms with E-state index in [1.54, 1.807) is 29.2 Å². The number of carboxylic acids is 1. The van der Waals surface area contributed by atoms with E-state index in [2.05, 4.69) is 9.97 Å². The van der Waals surface area contributed by atoms with Gasteiger partial charge in [0.1, 0.15) is 11.9 Å². The van der Waals surface area contributed by atoms with Gasteiger partial charge in [0.15, 0.2) is 5.82 Å². The minimum atomic E-state index is -2.79. The van der Waals surface area contributed by atoms with Gasteiger partial charge in [-0.25, -0.2) is 23.5 Å². The molecule has 0 radical (unpaired) electrons. The lowest BCUT2D eigenvalue weighted by Gasteiger charge is -2.24. The number of benzene rings is 1. The largest absolute Gasteiger partial charge is 0.480 e. The number of alkyl halides is 2. The van der Waals surface area contributed by atoms with Crippen molar-refractivity contribution in [1.82, 2.24) is 9.97 Å². The fourth-order valence-corrected chi connectivity index (χ4v) is 2.67. The van der Waals surface area contributed by atoms with Crippen LogP contribution in [0, 0.1) is 0 Å². The molecule has 1 N–H and O–H groups in total. The highest BCUT2D eigenvalue weighted by molar-refractivity contribution is 5.92. The van der Waals surface area contributed by atoms with E-state index in [0.29, 0.717) is 30.3 Å². The number of anilines is 1. The lowest BCUT2D eigenvalue weighted by molar-refractivity contribution is -0.138. The third-order valence-electron chi connectivity index (χ3n) is 3.61. The molecule has 1 saturated heterocycles. The van der Waals surface area contributed by atoms with Crippen molar-refractivity contribution in [2.45, 2.75) is 25.3 Å². The smallest absolute Gasteiger partial charge is 0.326 e. The summed E-state index contributed by atoms with van der Waals surface area (Å²) in [6.07, 6.45) is -1.61. The predicted octanol–water partition coefficient (Wildman–Crippen LogP) is 2.62. The Morgan fingerprint density at radius 1 is 1.33 bits per heavy atom. The number of para-hydroxylation sites is 1. The topological polar surface area (TPSA) is 66.3 Å². The van der Waals surface area contributed by atoms with Crippen LogP contribution in [0.25, 0.3) is 10.9 Å². The Labute approximate surface area is 119 Å². The molecule has 1 fully saturated rings. The summed E-state index contributed by atoms with van der Waals surface area (Å²) >= 11 is 0. The van der Waals surface area contributed by atoms with Crippen molar-refractivity contribution in [3.8, 4) is 0 Å². The number of nitrogens with zero attached hydrogens (tertiary/aromatic N) is 3. The third kappa shape index (κ3) is 2.39. The predicted molar refractivity (Wildman–Crippen MR) is 72.5 cm³/mol. The number of fused-ring (bicyclic) bond motifs is 1. The van der Waals surface area contributed by atoms with Gasteiger partial charge in [-0.15, -0.1) is 0 Å². The maximum Gasteiger partial charge on any atom is 0.326 e. The average molecular weight is 293 g/mol. The Hall–Kier alpha value is -2.31. The molecule has 1 atom stereocenters. The molecule has 0 spiro atoms. The van der Waals surface area contributed by atoms with Gasteiger partial charge in [0.05, 0.1) is 5.52 Å². The van der Waals surface area contributed by atoms with Crippen LogP contribution >= 0.6 is 0 Å².